The zero-order chi connectivity index (χ0) is 21.7. The maximum absolute atomic E-state index is 14.2. The zero-order valence-corrected chi connectivity index (χ0v) is 16.6. The third-order valence-corrected chi connectivity index (χ3v) is 4.63. The summed E-state index contributed by atoms with van der Waals surface area (Å²) in [7, 11) is 0. The summed E-state index contributed by atoms with van der Waals surface area (Å²) in [5.74, 6) is -2.76. The number of alkyl halides is 3. The van der Waals surface area contributed by atoms with Crippen molar-refractivity contribution >= 4 is 23.5 Å². The van der Waals surface area contributed by atoms with Crippen molar-refractivity contribution < 1.29 is 32.8 Å². The van der Waals surface area contributed by atoms with Crippen molar-refractivity contribution in [2.24, 2.45) is 0 Å². The van der Waals surface area contributed by atoms with Gasteiger partial charge in [0.2, 0.25) is 0 Å². The molecule has 2 aromatic rings. The lowest BCUT2D eigenvalue weighted by Crippen LogP contribution is -3.07. The molecule has 5 nitrogen and oxygen atoms in total. The molecule has 0 heterocycles. The SMILES string of the molecule is CCOC(=O)[C@@](NC(=O)c1ccccc1Cl)([NH2+][C@H](C)c1ccccc1)C(F)(F)F. The van der Waals surface area contributed by atoms with Crippen LogP contribution in [-0.2, 0) is 9.53 Å². The van der Waals surface area contributed by atoms with Crippen molar-refractivity contribution in [1.29, 1.82) is 0 Å². The standard InChI is InChI=1S/C20H20ClF3N2O3/c1-3-29-18(28)19(20(22,23)24,25-13(2)14-9-5-4-6-10-14)26-17(27)15-11-7-8-12-16(15)21/h4-13,25H,3H2,1-2H3,(H,26,27)/p+1/t13-,19+/m1/s1. The number of carbonyl (C=O) groups excluding carboxylic acids is 2. The predicted octanol–water partition coefficient (Wildman–Crippen LogP) is 3.22. The molecule has 3 N–H and O–H groups in total. The summed E-state index contributed by atoms with van der Waals surface area (Å²) in [6.07, 6.45) is -5.15. The smallest absolute Gasteiger partial charge is 0.460 e. The summed E-state index contributed by atoms with van der Waals surface area (Å²) < 4.78 is 47.4. The molecule has 29 heavy (non-hydrogen) atoms. The highest BCUT2D eigenvalue weighted by Crippen LogP contribution is 2.29. The molecule has 0 radical (unpaired) electrons. The first-order chi connectivity index (χ1) is 13.6. The molecule has 0 unspecified atom stereocenters. The lowest BCUT2D eigenvalue weighted by Gasteiger charge is -2.33. The van der Waals surface area contributed by atoms with Crippen molar-refractivity contribution in [3.63, 3.8) is 0 Å². The molecule has 0 fully saturated rings. The minimum atomic E-state index is -5.15. The first-order valence-electron chi connectivity index (χ1n) is 8.84. The van der Waals surface area contributed by atoms with Crippen molar-refractivity contribution in [3.8, 4) is 0 Å². The van der Waals surface area contributed by atoms with Crippen LogP contribution in [0.1, 0.15) is 35.8 Å². The number of hydrogen-bond donors (Lipinski definition) is 2. The van der Waals surface area contributed by atoms with E-state index in [0.717, 1.165) is 5.32 Å². The van der Waals surface area contributed by atoms with Crippen LogP contribution in [0.15, 0.2) is 54.6 Å². The molecule has 0 aliphatic heterocycles. The Morgan fingerprint density at radius 2 is 1.69 bits per heavy atom. The van der Waals surface area contributed by atoms with Crippen LogP contribution in [0.2, 0.25) is 5.02 Å². The van der Waals surface area contributed by atoms with E-state index >= 15 is 0 Å². The highest BCUT2D eigenvalue weighted by Gasteiger charge is 2.68. The molecule has 156 valence electrons. The first-order valence-corrected chi connectivity index (χ1v) is 9.22. The fourth-order valence-electron chi connectivity index (χ4n) is 2.81. The molecule has 0 aliphatic carbocycles. The minimum absolute atomic E-state index is 0.0407. The molecule has 0 saturated heterocycles. The second kappa shape index (κ2) is 9.28. The second-order valence-corrected chi connectivity index (χ2v) is 6.73. The predicted molar refractivity (Wildman–Crippen MR) is 101 cm³/mol. The van der Waals surface area contributed by atoms with E-state index in [1.807, 2.05) is 5.32 Å². The second-order valence-electron chi connectivity index (χ2n) is 6.33. The molecular formula is C20H21ClF3N2O3+. The van der Waals surface area contributed by atoms with Gasteiger partial charge >= 0.3 is 17.8 Å². The highest BCUT2D eigenvalue weighted by atomic mass is 35.5. The Balaban J connectivity index is 2.49. The third-order valence-electron chi connectivity index (χ3n) is 4.30. The Kier molecular flexibility index (Phi) is 7.26. The Labute approximate surface area is 171 Å². The number of halogens is 4. The third kappa shape index (κ3) is 5.07. The summed E-state index contributed by atoms with van der Waals surface area (Å²) >= 11 is 5.94. The first kappa shape index (κ1) is 22.7. The molecule has 2 atom stereocenters. The van der Waals surface area contributed by atoms with Gasteiger partial charge in [-0.05, 0) is 26.0 Å². The van der Waals surface area contributed by atoms with Gasteiger partial charge in [-0.1, -0.05) is 54.1 Å². The van der Waals surface area contributed by atoms with E-state index in [0.29, 0.717) is 5.56 Å². The average Bonchev–Trinajstić information content (AvgIpc) is 2.67. The Morgan fingerprint density at radius 1 is 1.10 bits per heavy atom. The molecule has 0 aromatic heterocycles. The average molecular weight is 430 g/mol. The van der Waals surface area contributed by atoms with Crippen molar-refractivity contribution in [1.82, 2.24) is 5.32 Å². The van der Waals surface area contributed by atoms with Gasteiger partial charge in [0.25, 0.3) is 5.91 Å². The summed E-state index contributed by atoms with van der Waals surface area (Å²) in [5.41, 5.74) is -3.00. The molecule has 2 aromatic carbocycles. The maximum atomic E-state index is 14.2. The van der Waals surface area contributed by atoms with Gasteiger partial charge in [-0.25, -0.2) is 4.79 Å². The van der Waals surface area contributed by atoms with Gasteiger partial charge in [-0.15, -0.1) is 0 Å². The van der Waals surface area contributed by atoms with Gasteiger partial charge in [0.05, 0.1) is 17.2 Å². The number of amides is 1. The van der Waals surface area contributed by atoms with Crippen LogP contribution in [0, 0.1) is 0 Å². The van der Waals surface area contributed by atoms with Crippen LogP contribution in [0.5, 0.6) is 0 Å². The summed E-state index contributed by atoms with van der Waals surface area (Å²) in [4.78, 5) is 25.1. The highest BCUT2D eigenvalue weighted by molar-refractivity contribution is 6.33. The Morgan fingerprint density at radius 3 is 2.24 bits per heavy atom. The molecule has 1 amide bonds. The van der Waals surface area contributed by atoms with E-state index < -0.39 is 29.8 Å². The Bertz CT molecular complexity index is 862. The fourth-order valence-corrected chi connectivity index (χ4v) is 3.03. The van der Waals surface area contributed by atoms with Gasteiger partial charge < -0.3 is 10.1 Å². The number of ether oxygens (including phenoxy) is 1. The lowest BCUT2D eigenvalue weighted by atomic mass is 10.0. The molecule has 9 heteroatoms. The van der Waals surface area contributed by atoms with Crippen LogP contribution in [-0.4, -0.2) is 30.3 Å². The number of benzene rings is 2. The van der Waals surface area contributed by atoms with Gasteiger partial charge in [-0.2, -0.15) is 13.2 Å². The molecular weight excluding hydrogens is 409 g/mol. The number of esters is 1. The number of nitrogens with one attached hydrogen (secondary N) is 1. The Hall–Kier alpha value is -2.58. The molecule has 0 aliphatic rings. The van der Waals surface area contributed by atoms with E-state index in [1.165, 1.54) is 38.1 Å². The van der Waals surface area contributed by atoms with Crippen LogP contribution < -0.4 is 10.6 Å². The van der Waals surface area contributed by atoms with Crippen molar-refractivity contribution in [2.45, 2.75) is 31.7 Å². The summed E-state index contributed by atoms with van der Waals surface area (Å²) in [6, 6.07) is 13.1. The van der Waals surface area contributed by atoms with Gasteiger partial charge in [0, 0.05) is 5.56 Å². The van der Waals surface area contributed by atoms with Crippen LogP contribution in [0.25, 0.3) is 0 Å². The molecule has 0 saturated carbocycles. The number of nitrogens with two attached hydrogens (primary N) is 1. The molecule has 2 rings (SSSR count). The number of rotatable bonds is 7. The van der Waals surface area contributed by atoms with Crippen molar-refractivity contribution in [3.05, 3.63) is 70.7 Å². The largest absolute Gasteiger partial charge is 0.478 e. The zero-order valence-electron chi connectivity index (χ0n) is 15.8. The van der Waals surface area contributed by atoms with Crippen LogP contribution in [0.4, 0.5) is 13.2 Å². The summed E-state index contributed by atoms with van der Waals surface area (Å²) in [6.45, 7) is 2.60. The van der Waals surface area contributed by atoms with E-state index in [4.69, 9.17) is 16.3 Å². The molecule has 0 bridgehead atoms. The fraction of sp³-hybridized carbons (Fsp3) is 0.300. The van der Waals surface area contributed by atoms with E-state index in [9.17, 15) is 22.8 Å². The van der Waals surface area contributed by atoms with Crippen LogP contribution >= 0.6 is 11.6 Å². The lowest BCUT2D eigenvalue weighted by molar-refractivity contribution is -0.774. The maximum Gasteiger partial charge on any atom is 0.478 e. The topological polar surface area (TPSA) is 72.0 Å². The van der Waals surface area contributed by atoms with E-state index in [2.05, 4.69) is 0 Å². The van der Waals surface area contributed by atoms with E-state index in [-0.39, 0.29) is 17.2 Å². The normalized spacial score (nSPS) is 14.6. The van der Waals surface area contributed by atoms with E-state index in [1.54, 1.807) is 30.3 Å². The number of hydrogen-bond acceptors (Lipinski definition) is 3. The van der Waals surface area contributed by atoms with Gasteiger partial charge in [0.1, 0.15) is 6.04 Å². The number of carbonyl (C=O) groups is 2. The van der Waals surface area contributed by atoms with Gasteiger partial charge in [-0.3, -0.25) is 10.1 Å². The van der Waals surface area contributed by atoms with Crippen molar-refractivity contribution in [2.75, 3.05) is 6.61 Å². The summed E-state index contributed by atoms with van der Waals surface area (Å²) in [5, 5.41) is 2.54. The van der Waals surface area contributed by atoms with Gasteiger partial charge in [0.15, 0.2) is 0 Å². The monoisotopic (exact) mass is 429 g/mol. The molecule has 0 spiro atoms. The van der Waals surface area contributed by atoms with Crippen LogP contribution in [0.3, 0.4) is 0 Å². The number of quaternary nitrogens is 1. The minimum Gasteiger partial charge on any atom is -0.460 e. The quantitative estimate of drug-likeness (QED) is 0.524.